The molecule has 0 radical (unpaired) electrons. The molecule has 0 aromatic rings. The summed E-state index contributed by atoms with van der Waals surface area (Å²) in [7, 11) is -3.32. The predicted octanol–water partition coefficient (Wildman–Crippen LogP) is -0.125. The Bertz CT molecular complexity index is 248. The van der Waals surface area contributed by atoms with Crippen LogP contribution in [0.4, 0.5) is 0 Å². The minimum Gasteiger partial charge on any atom is -0.396 e. The zero-order valence-corrected chi connectivity index (χ0v) is 8.16. The fraction of sp³-hybridized carbons (Fsp3) is 1.00. The molecule has 1 fully saturated rings. The van der Waals surface area contributed by atoms with Gasteiger partial charge in [-0.2, -0.15) is 0 Å². The first kappa shape index (κ1) is 10.2. The van der Waals surface area contributed by atoms with Gasteiger partial charge in [0.2, 0.25) is 10.0 Å². The summed E-state index contributed by atoms with van der Waals surface area (Å²) in [5, 5.41) is 8.44. The molecule has 0 aliphatic heterocycles. The van der Waals surface area contributed by atoms with Crippen LogP contribution in [0, 0.1) is 5.41 Å². The molecular weight excluding hydrogens is 202 g/mol. The molecule has 4 nitrogen and oxygen atoms in total. The molecule has 1 saturated carbocycles. The molecule has 0 unspecified atom stereocenters. The van der Waals surface area contributed by atoms with Gasteiger partial charge in [-0.1, -0.05) is 0 Å². The Morgan fingerprint density at radius 3 is 2.42 bits per heavy atom. The quantitative estimate of drug-likeness (QED) is 0.626. The van der Waals surface area contributed by atoms with Crippen molar-refractivity contribution in [2.75, 3.05) is 18.4 Å². The Labute approximate surface area is 77.0 Å². The molecule has 0 saturated heterocycles. The lowest BCUT2D eigenvalue weighted by Gasteiger charge is -2.11. The van der Waals surface area contributed by atoms with Crippen molar-refractivity contribution in [3.05, 3.63) is 0 Å². The Kier molecular flexibility index (Phi) is 2.98. The molecule has 0 bridgehead atoms. The maximum Gasteiger partial charge on any atom is 0.225 e. The normalized spacial score (nSPS) is 20.8. The number of hydrogen-bond donors (Lipinski definition) is 2. The Morgan fingerprint density at radius 1 is 1.50 bits per heavy atom. The molecule has 1 aliphatic rings. The Hall–Kier alpha value is 0.160. The van der Waals surface area contributed by atoms with Crippen molar-refractivity contribution < 1.29 is 13.5 Å². The van der Waals surface area contributed by atoms with E-state index in [1.165, 1.54) is 0 Å². The van der Waals surface area contributed by atoms with E-state index < -0.39 is 15.2 Å². The second-order valence-electron chi connectivity index (χ2n) is 3.20. The molecule has 0 spiro atoms. The molecule has 72 valence electrons. The van der Waals surface area contributed by atoms with Crippen LogP contribution in [-0.4, -0.2) is 31.9 Å². The number of nitrogens with one attached hydrogen (secondary N) is 1. The third kappa shape index (κ3) is 2.58. The van der Waals surface area contributed by atoms with Crippen molar-refractivity contribution in [3.8, 4) is 0 Å². The summed E-state index contributed by atoms with van der Waals surface area (Å²) in [5.41, 5.74) is -0.195. The molecule has 0 aromatic heterocycles. The van der Waals surface area contributed by atoms with Gasteiger partial charge in [0.1, 0.15) is 5.21 Å². The smallest absolute Gasteiger partial charge is 0.225 e. The van der Waals surface area contributed by atoms with Crippen LogP contribution in [0.3, 0.4) is 0 Å². The summed E-state index contributed by atoms with van der Waals surface area (Å²) in [6.45, 7) is 0.344. The van der Waals surface area contributed by atoms with Gasteiger partial charge in [0.25, 0.3) is 0 Å². The highest BCUT2D eigenvalue weighted by molar-refractivity contribution is 7.90. The zero-order chi connectivity index (χ0) is 9.24. The largest absolute Gasteiger partial charge is 0.396 e. The number of aliphatic hydroxyl groups is 1. The Balaban J connectivity index is 2.35. The lowest BCUT2D eigenvalue weighted by Crippen LogP contribution is -2.32. The average molecular weight is 214 g/mol. The highest BCUT2D eigenvalue weighted by atomic mass is 35.5. The van der Waals surface area contributed by atoms with Crippen molar-refractivity contribution in [1.29, 1.82) is 0 Å². The van der Waals surface area contributed by atoms with Crippen LogP contribution in [0.25, 0.3) is 0 Å². The molecular formula is C6H12ClNO3S. The monoisotopic (exact) mass is 213 g/mol. The third-order valence-corrected chi connectivity index (χ3v) is 3.84. The van der Waals surface area contributed by atoms with Crippen molar-refractivity contribution in [1.82, 2.24) is 4.72 Å². The van der Waals surface area contributed by atoms with E-state index in [1.807, 2.05) is 0 Å². The number of halogens is 1. The number of rotatable bonds is 5. The van der Waals surface area contributed by atoms with Gasteiger partial charge in [0.15, 0.2) is 0 Å². The fourth-order valence-corrected chi connectivity index (χ4v) is 1.70. The Morgan fingerprint density at radius 2 is 2.08 bits per heavy atom. The van der Waals surface area contributed by atoms with Gasteiger partial charge in [-0.3, -0.25) is 0 Å². The van der Waals surface area contributed by atoms with Crippen LogP contribution in [0.15, 0.2) is 0 Å². The number of sulfonamides is 1. The highest BCUT2D eigenvalue weighted by Gasteiger charge is 2.42. The first-order valence-corrected chi connectivity index (χ1v) is 5.86. The molecule has 0 aromatic carbocycles. The fourth-order valence-electron chi connectivity index (χ4n) is 0.869. The van der Waals surface area contributed by atoms with Crippen LogP contribution >= 0.6 is 11.6 Å². The van der Waals surface area contributed by atoms with Crippen molar-refractivity contribution in [2.45, 2.75) is 12.8 Å². The third-order valence-electron chi connectivity index (χ3n) is 2.10. The van der Waals surface area contributed by atoms with Crippen LogP contribution in [0.1, 0.15) is 12.8 Å². The lowest BCUT2D eigenvalue weighted by atomic mass is 10.1. The molecule has 6 heteroatoms. The van der Waals surface area contributed by atoms with Gasteiger partial charge in [-0.25, -0.2) is 13.1 Å². The van der Waals surface area contributed by atoms with Crippen LogP contribution < -0.4 is 4.72 Å². The summed E-state index contributed by atoms with van der Waals surface area (Å²) in [6, 6.07) is 0. The van der Waals surface area contributed by atoms with Gasteiger partial charge in [0, 0.05) is 18.6 Å². The standard InChI is InChI=1S/C6H12ClNO3S/c7-5-12(10,11)8-3-6(4-9)1-2-6/h8-9H,1-5H2. The molecule has 1 rings (SSSR count). The molecule has 0 atom stereocenters. The van der Waals surface area contributed by atoms with Crippen molar-refractivity contribution in [3.63, 3.8) is 0 Å². The molecule has 2 N–H and O–H groups in total. The lowest BCUT2D eigenvalue weighted by molar-refractivity contribution is 0.213. The van der Waals surface area contributed by atoms with Crippen LogP contribution in [0.5, 0.6) is 0 Å². The molecule has 0 heterocycles. The van der Waals surface area contributed by atoms with Gasteiger partial charge in [0.05, 0.1) is 0 Å². The number of aliphatic hydroxyl groups excluding tert-OH is 1. The highest BCUT2D eigenvalue weighted by Crippen LogP contribution is 2.44. The van der Waals surface area contributed by atoms with Gasteiger partial charge in [-0.05, 0) is 12.8 Å². The average Bonchev–Trinajstić information content (AvgIpc) is 2.82. The summed E-state index contributed by atoms with van der Waals surface area (Å²) in [4.78, 5) is 0. The maximum absolute atomic E-state index is 10.9. The van der Waals surface area contributed by atoms with Crippen LogP contribution in [-0.2, 0) is 10.0 Å². The SMILES string of the molecule is O=S(=O)(CCl)NCC1(CO)CC1. The van der Waals surface area contributed by atoms with E-state index in [0.717, 1.165) is 12.8 Å². The molecule has 0 amide bonds. The van der Waals surface area contributed by atoms with E-state index >= 15 is 0 Å². The van der Waals surface area contributed by atoms with E-state index in [2.05, 4.69) is 4.72 Å². The van der Waals surface area contributed by atoms with Gasteiger partial charge in [-0.15, -0.1) is 11.6 Å². The first-order chi connectivity index (χ1) is 5.54. The predicted molar refractivity (Wildman–Crippen MR) is 46.4 cm³/mol. The zero-order valence-electron chi connectivity index (χ0n) is 6.59. The van der Waals surface area contributed by atoms with Crippen molar-refractivity contribution in [2.24, 2.45) is 5.41 Å². The van der Waals surface area contributed by atoms with Crippen molar-refractivity contribution >= 4 is 21.6 Å². The topological polar surface area (TPSA) is 66.4 Å². The summed E-state index contributed by atoms with van der Waals surface area (Å²) in [6.07, 6.45) is 1.77. The first-order valence-electron chi connectivity index (χ1n) is 3.68. The second-order valence-corrected chi connectivity index (χ2v) is 5.59. The molecule has 12 heavy (non-hydrogen) atoms. The van der Waals surface area contributed by atoms with Gasteiger partial charge < -0.3 is 5.11 Å². The summed E-state index contributed by atoms with van der Waals surface area (Å²) < 4.78 is 24.1. The van der Waals surface area contributed by atoms with E-state index in [4.69, 9.17) is 16.7 Å². The van der Waals surface area contributed by atoms with Gasteiger partial charge >= 0.3 is 0 Å². The minimum absolute atomic E-state index is 0.0395. The van der Waals surface area contributed by atoms with E-state index in [0.29, 0.717) is 6.54 Å². The second kappa shape index (κ2) is 3.49. The number of alkyl halides is 1. The minimum atomic E-state index is -3.32. The summed E-state index contributed by atoms with van der Waals surface area (Å²) >= 11 is 5.17. The van der Waals surface area contributed by atoms with Crippen LogP contribution in [0.2, 0.25) is 0 Å². The summed E-state index contributed by atoms with van der Waals surface area (Å²) in [5.74, 6) is 0. The molecule has 1 aliphatic carbocycles. The maximum atomic E-state index is 10.9. The van der Waals surface area contributed by atoms with E-state index in [-0.39, 0.29) is 12.0 Å². The van der Waals surface area contributed by atoms with E-state index in [1.54, 1.807) is 0 Å². The number of hydrogen-bond acceptors (Lipinski definition) is 3. The van der Waals surface area contributed by atoms with E-state index in [9.17, 15) is 8.42 Å².